The highest BCUT2D eigenvalue weighted by molar-refractivity contribution is 7.71. The summed E-state index contributed by atoms with van der Waals surface area (Å²) in [6, 6.07) is 9.24. The minimum atomic E-state index is 0.0664. The van der Waals surface area contributed by atoms with E-state index < -0.39 is 0 Å². The van der Waals surface area contributed by atoms with Gasteiger partial charge in [-0.15, -0.1) is 0 Å². The molecule has 0 spiro atoms. The zero-order chi connectivity index (χ0) is 13.4. The molecule has 0 radical (unpaired) electrons. The Morgan fingerprint density at radius 3 is 1.50 bits per heavy atom. The molecule has 0 saturated heterocycles. The predicted molar refractivity (Wildman–Crippen MR) is 90.9 cm³/mol. The van der Waals surface area contributed by atoms with Crippen LogP contribution < -0.4 is 10.6 Å². The van der Waals surface area contributed by atoms with E-state index in [0.29, 0.717) is 0 Å². The first-order valence-corrected chi connectivity index (χ1v) is 11.2. The van der Waals surface area contributed by atoms with Crippen molar-refractivity contribution in [2.24, 2.45) is 0 Å². The molecule has 0 unspecified atom stereocenters. The topological polar surface area (TPSA) is 0 Å². The van der Waals surface area contributed by atoms with Crippen LogP contribution in [0.5, 0.6) is 0 Å². The summed E-state index contributed by atoms with van der Waals surface area (Å²) in [6.07, 6.45) is 8.22. The van der Waals surface area contributed by atoms with Gasteiger partial charge in [-0.05, 0) is 49.1 Å². The van der Waals surface area contributed by atoms with Crippen molar-refractivity contribution in [3.63, 3.8) is 0 Å². The summed E-state index contributed by atoms with van der Waals surface area (Å²) < 4.78 is 0. The van der Waals surface area contributed by atoms with Gasteiger partial charge in [-0.25, -0.2) is 0 Å². The molecule has 0 aliphatic rings. The molecule has 0 N–H and O–H groups in total. The Bertz CT molecular complexity index is 303. The van der Waals surface area contributed by atoms with Gasteiger partial charge in [-0.2, -0.15) is 0 Å². The molecule has 1 rings (SSSR count). The molecule has 18 heavy (non-hydrogen) atoms. The minimum Gasteiger partial charge on any atom is -0.0778 e. The molecule has 1 aromatic carbocycles. The van der Waals surface area contributed by atoms with Crippen LogP contribution in [0.25, 0.3) is 0 Å². The van der Waals surface area contributed by atoms with Crippen LogP contribution in [0.15, 0.2) is 24.3 Å². The largest absolute Gasteiger partial charge is 0.0778 e. The van der Waals surface area contributed by atoms with E-state index in [0.717, 1.165) is 0 Å². The molecule has 1 aromatic rings. The molecule has 102 valence electrons. The number of rotatable bonds is 8. The molecule has 0 aromatic heterocycles. The quantitative estimate of drug-likeness (QED) is 0.603. The van der Waals surface area contributed by atoms with E-state index in [9.17, 15) is 0 Å². The maximum absolute atomic E-state index is 2.47. The van der Waals surface area contributed by atoms with Crippen LogP contribution in [0.3, 0.4) is 0 Å². The molecular formula is C16H28P2. The summed E-state index contributed by atoms with van der Waals surface area (Å²) in [4.78, 5) is 0. The van der Waals surface area contributed by atoms with Crippen molar-refractivity contribution in [1.82, 2.24) is 0 Å². The van der Waals surface area contributed by atoms with Crippen molar-refractivity contribution in [1.29, 1.82) is 0 Å². The van der Waals surface area contributed by atoms with Gasteiger partial charge in [0.1, 0.15) is 0 Å². The first kappa shape index (κ1) is 16.1. The smallest absolute Gasteiger partial charge is 0.0167 e. The van der Waals surface area contributed by atoms with E-state index in [4.69, 9.17) is 0 Å². The molecule has 0 aliphatic carbocycles. The summed E-state index contributed by atoms with van der Waals surface area (Å²) in [5.74, 6) is 0. The summed E-state index contributed by atoms with van der Waals surface area (Å²) in [5, 5.41) is 3.37. The van der Waals surface area contributed by atoms with Gasteiger partial charge in [0.2, 0.25) is 0 Å². The Morgan fingerprint density at radius 1 is 0.778 bits per heavy atom. The lowest BCUT2D eigenvalue weighted by atomic mass is 10.4. The lowest BCUT2D eigenvalue weighted by Gasteiger charge is -2.21. The maximum atomic E-state index is 2.47. The zero-order valence-corrected chi connectivity index (χ0v) is 14.2. The third-order valence-electron chi connectivity index (χ3n) is 3.40. The fraction of sp³-hybridized carbons (Fsp3) is 0.625. The van der Waals surface area contributed by atoms with E-state index in [1.165, 1.54) is 38.0 Å². The molecular weight excluding hydrogens is 254 g/mol. The van der Waals surface area contributed by atoms with Gasteiger partial charge in [-0.3, -0.25) is 0 Å². The fourth-order valence-corrected chi connectivity index (χ4v) is 6.84. The van der Waals surface area contributed by atoms with Crippen LogP contribution in [0, 0.1) is 0 Å². The molecule has 2 heteroatoms. The number of benzene rings is 1. The van der Waals surface area contributed by atoms with Gasteiger partial charge >= 0.3 is 0 Å². The first-order valence-electron chi connectivity index (χ1n) is 7.22. The van der Waals surface area contributed by atoms with E-state index in [1.54, 1.807) is 10.6 Å². The van der Waals surface area contributed by atoms with Gasteiger partial charge in [0.25, 0.3) is 0 Å². The normalized spacial score (nSPS) is 14.4. The van der Waals surface area contributed by atoms with Gasteiger partial charge in [0.15, 0.2) is 0 Å². The fourth-order valence-electron chi connectivity index (χ4n) is 2.14. The molecule has 0 amide bonds. The minimum absolute atomic E-state index is 0.0664. The summed E-state index contributed by atoms with van der Waals surface area (Å²) >= 11 is 0. The van der Waals surface area contributed by atoms with Crippen LogP contribution >= 0.6 is 15.8 Å². The number of hydrogen-bond donors (Lipinski definition) is 0. The average molecular weight is 282 g/mol. The van der Waals surface area contributed by atoms with E-state index in [2.05, 4.69) is 51.4 Å². The predicted octanol–water partition coefficient (Wildman–Crippen LogP) is 4.76. The van der Waals surface area contributed by atoms with Gasteiger partial charge < -0.3 is 0 Å². The average Bonchev–Trinajstić information content (AvgIpc) is 2.42. The molecule has 0 fully saturated rings. The highest BCUT2D eigenvalue weighted by Crippen LogP contribution is 2.36. The molecule has 0 bridgehead atoms. The van der Waals surface area contributed by atoms with Crippen molar-refractivity contribution >= 4 is 26.5 Å². The second-order valence-corrected chi connectivity index (χ2v) is 9.69. The Morgan fingerprint density at radius 2 is 1.17 bits per heavy atom. The second kappa shape index (κ2) is 9.06. The standard InChI is InChI=1S/C16H28P2/c1-5-7-13-17(3)15-11-9-10-12-16(15)18(4)14-8-6-2/h9-12H,5-8,13-14H2,1-4H3/t17-,18-/m0/s1. The van der Waals surface area contributed by atoms with Crippen molar-refractivity contribution in [2.75, 3.05) is 25.7 Å². The maximum Gasteiger partial charge on any atom is -0.0167 e. The Labute approximate surface area is 116 Å². The Kier molecular flexibility index (Phi) is 8.12. The molecule has 0 saturated carbocycles. The highest BCUT2D eigenvalue weighted by atomic mass is 31.1. The SMILES string of the molecule is CCCC[P@](C)c1ccccc1[P@@](C)CCCC. The van der Waals surface area contributed by atoms with Crippen molar-refractivity contribution in [3.8, 4) is 0 Å². The number of hydrogen-bond acceptors (Lipinski definition) is 0. The Balaban J connectivity index is 2.77. The van der Waals surface area contributed by atoms with Crippen LogP contribution in [-0.2, 0) is 0 Å². The molecule has 0 nitrogen and oxygen atoms in total. The van der Waals surface area contributed by atoms with E-state index in [1.807, 2.05) is 0 Å². The second-order valence-electron chi connectivity index (χ2n) is 5.04. The van der Waals surface area contributed by atoms with Crippen LogP contribution in [0.1, 0.15) is 39.5 Å². The van der Waals surface area contributed by atoms with Crippen molar-refractivity contribution < 1.29 is 0 Å². The van der Waals surface area contributed by atoms with Crippen LogP contribution in [-0.4, -0.2) is 25.7 Å². The zero-order valence-electron chi connectivity index (χ0n) is 12.4. The highest BCUT2D eigenvalue weighted by Gasteiger charge is 2.13. The molecule has 0 aliphatic heterocycles. The third kappa shape index (κ3) is 4.99. The summed E-state index contributed by atoms with van der Waals surface area (Å²) in [7, 11) is 0.133. The Hall–Kier alpha value is 0.0800. The van der Waals surface area contributed by atoms with Crippen LogP contribution in [0.4, 0.5) is 0 Å². The van der Waals surface area contributed by atoms with Crippen molar-refractivity contribution in [2.45, 2.75) is 39.5 Å². The number of unbranched alkanes of at least 4 members (excludes halogenated alkanes) is 2. The lowest BCUT2D eigenvalue weighted by molar-refractivity contribution is 0.892. The van der Waals surface area contributed by atoms with Crippen molar-refractivity contribution in [3.05, 3.63) is 24.3 Å². The molecule has 0 heterocycles. The lowest BCUT2D eigenvalue weighted by Crippen LogP contribution is -2.22. The first-order chi connectivity index (χ1) is 8.70. The van der Waals surface area contributed by atoms with Gasteiger partial charge in [0, 0.05) is 0 Å². The van der Waals surface area contributed by atoms with Gasteiger partial charge in [0.05, 0.1) is 0 Å². The van der Waals surface area contributed by atoms with Gasteiger partial charge in [-0.1, -0.05) is 66.8 Å². The summed E-state index contributed by atoms with van der Waals surface area (Å²) in [6.45, 7) is 9.52. The van der Waals surface area contributed by atoms with E-state index >= 15 is 0 Å². The third-order valence-corrected chi connectivity index (χ3v) is 7.97. The molecule has 2 atom stereocenters. The van der Waals surface area contributed by atoms with Crippen LogP contribution in [0.2, 0.25) is 0 Å². The summed E-state index contributed by atoms with van der Waals surface area (Å²) in [5.41, 5.74) is 0. The monoisotopic (exact) mass is 282 g/mol. The van der Waals surface area contributed by atoms with E-state index in [-0.39, 0.29) is 15.8 Å².